The SMILES string of the molecule is Cc1ccc(CNC(=O)CSc2nc3ccccc3c(=O)n2Cc2ccc(Cl)cc2)cc1. The van der Waals surface area contributed by atoms with E-state index in [-0.39, 0.29) is 17.2 Å². The number of nitrogens with one attached hydrogen (secondary N) is 1. The number of carbonyl (C=O) groups excluding carboxylic acids is 1. The van der Waals surface area contributed by atoms with Gasteiger partial charge in [-0.3, -0.25) is 14.2 Å². The van der Waals surface area contributed by atoms with E-state index < -0.39 is 0 Å². The number of aromatic nitrogens is 2. The van der Waals surface area contributed by atoms with Crippen LogP contribution in [0.4, 0.5) is 0 Å². The Morgan fingerprint density at radius 2 is 1.69 bits per heavy atom. The fraction of sp³-hybridized carbons (Fsp3) is 0.160. The van der Waals surface area contributed by atoms with Gasteiger partial charge in [-0.05, 0) is 42.3 Å². The van der Waals surface area contributed by atoms with Gasteiger partial charge in [-0.1, -0.05) is 77.5 Å². The lowest BCUT2D eigenvalue weighted by atomic mass is 10.1. The average molecular weight is 464 g/mol. The summed E-state index contributed by atoms with van der Waals surface area (Å²) in [5.74, 6) is 0.0492. The summed E-state index contributed by atoms with van der Waals surface area (Å²) in [6.45, 7) is 2.84. The molecule has 0 unspecified atom stereocenters. The van der Waals surface area contributed by atoms with Crippen molar-refractivity contribution in [1.82, 2.24) is 14.9 Å². The molecule has 0 saturated heterocycles. The molecule has 4 rings (SSSR count). The fourth-order valence-electron chi connectivity index (χ4n) is 3.26. The first-order valence-electron chi connectivity index (χ1n) is 10.2. The number of para-hydroxylation sites is 1. The Morgan fingerprint density at radius 1 is 1.00 bits per heavy atom. The van der Waals surface area contributed by atoms with Gasteiger partial charge in [0.1, 0.15) is 0 Å². The number of rotatable bonds is 7. The molecule has 1 aromatic heterocycles. The molecule has 0 aliphatic carbocycles. The second kappa shape index (κ2) is 10.0. The number of hydrogen-bond acceptors (Lipinski definition) is 4. The first-order valence-corrected chi connectivity index (χ1v) is 11.5. The van der Waals surface area contributed by atoms with E-state index in [4.69, 9.17) is 11.6 Å². The Hall–Kier alpha value is -3.09. The summed E-state index contributed by atoms with van der Waals surface area (Å²) in [7, 11) is 0. The Kier molecular flexibility index (Phi) is 6.93. The molecule has 162 valence electrons. The van der Waals surface area contributed by atoms with Gasteiger partial charge >= 0.3 is 0 Å². The van der Waals surface area contributed by atoms with Gasteiger partial charge in [-0.25, -0.2) is 4.98 Å². The molecule has 0 aliphatic heterocycles. The maximum absolute atomic E-state index is 13.2. The zero-order chi connectivity index (χ0) is 22.5. The van der Waals surface area contributed by atoms with Crippen LogP contribution < -0.4 is 10.9 Å². The van der Waals surface area contributed by atoms with E-state index in [9.17, 15) is 9.59 Å². The van der Waals surface area contributed by atoms with Gasteiger partial charge in [0, 0.05) is 11.6 Å². The van der Waals surface area contributed by atoms with Gasteiger partial charge in [0.05, 0.1) is 23.2 Å². The Morgan fingerprint density at radius 3 is 2.44 bits per heavy atom. The Bertz CT molecular complexity index is 1300. The van der Waals surface area contributed by atoms with Crippen molar-refractivity contribution in [3.8, 4) is 0 Å². The maximum atomic E-state index is 13.2. The fourth-order valence-corrected chi connectivity index (χ4v) is 4.21. The predicted octanol–water partition coefficient (Wildman–Crippen LogP) is 4.82. The second-order valence-electron chi connectivity index (χ2n) is 7.48. The van der Waals surface area contributed by atoms with E-state index in [2.05, 4.69) is 10.3 Å². The Balaban J connectivity index is 1.53. The van der Waals surface area contributed by atoms with Gasteiger partial charge < -0.3 is 5.32 Å². The number of aryl methyl sites for hydroxylation is 1. The quantitative estimate of drug-likeness (QED) is 0.315. The molecule has 1 N–H and O–H groups in total. The van der Waals surface area contributed by atoms with Crippen molar-refractivity contribution in [3.63, 3.8) is 0 Å². The van der Waals surface area contributed by atoms with Gasteiger partial charge in [0.2, 0.25) is 5.91 Å². The monoisotopic (exact) mass is 463 g/mol. The highest BCUT2D eigenvalue weighted by Crippen LogP contribution is 2.19. The van der Waals surface area contributed by atoms with Gasteiger partial charge in [0.25, 0.3) is 5.56 Å². The van der Waals surface area contributed by atoms with Gasteiger partial charge in [-0.2, -0.15) is 0 Å². The summed E-state index contributed by atoms with van der Waals surface area (Å²) < 4.78 is 1.61. The first kappa shape index (κ1) is 22.1. The molecule has 0 radical (unpaired) electrons. The van der Waals surface area contributed by atoms with Crippen LogP contribution in [0.25, 0.3) is 10.9 Å². The molecule has 0 bridgehead atoms. The molecule has 0 saturated carbocycles. The van der Waals surface area contributed by atoms with Crippen molar-refractivity contribution < 1.29 is 4.79 Å². The maximum Gasteiger partial charge on any atom is 0.262 e. The number of thioether (sulfide) groups is 1. The predicted molar refractivity (Wildman–Crippen MR) is 130 cm³/mol. The van der Waals surface area contributed by atoms with Crippen LogP contribution in [0.15, 0.2) is 82.7 Å². The zero-order valence-corrected chi connectivity index (χ0v) is 19.1. The minimum atomic E-state index is -0.131. The molecular weight excluding hydrogens is 442 g/mol. The summed E-state index contributed by atoms with van der Waals surface area (Å²) in [5, 5.41) is 4.62. The summed E-state index contributed by atoms with van der Waals surface area (Å²) in [6, 6.07) is 22.6. The lowest BCUT2D eigenvalue weighted by molar-refractivity contribution is -0.118. The van der Waals surface area contributed by atoms with Crippen LogP contribution in [0.3, 0.4) is 0 Å². The van der Waals surface area contributed by atoms with Crippen molar-refractivity contribution in [2.24, 2.45) is 0 Å². The zero-order valence-electron chi connectivity index (χ0n) is 17.5. The van der Waals surface area contributed by atoms with E-state index in [0.29, 0.717) is 34.2 Å². The number of amides is 1. The molecule has 0 atom stereocenters. The average Bonchev–Trinajstić information content (AvgIpc) is 2.80. The molecule has 0 fully saturated rings. The largest absolute Gasteiger partial charge is 0.351 e. The molecule has 4 aromatic rings. The number of hydrogen-bond donors (Lipinski definition) is 1. The molecule has 1 amide bonds. The summed E-state index contributed by atoms with van der Waals surface area (Å²) >= 11 is 7.25. The summed E-state index contributed by atoms with van der Waals surface area (Å²) in [6.07, 6.45) is 0. The third kappa shape index (κ3) is 5.39. The molecule has 5 nitrogen and oxygen atoms in total. The minimum Gasteiger partial charge on any atom is -0.351 e. The lowest BCUT2D eigenvalue weighted by Gasteiger charge is -2.13. The highest BCUT2D eigenvalue weighted by atomic mass is 35.5. The smallest absolute Gasteiger partial charge is 0.262 e. The van der Waals surface area contributed by atoms with E-state index in [1.54, 1.807) is 22.8 Å². The van der Waals surface area contributed by atoms with Crippen molar-refractivity contribution >= 4 is 40.2 Å². The van der Waals surface area contributed by atoms with E-state index in [1.165, 1.54) is 17.3 Å². The molecule has 32 heavy (non-hydrogen) atoms. The van der Waals surface area contributed by atoms with Gasteiger partial charge in [-0.15, -0.1) is 0 Å². The number of fused-ring (bicyclic) bond motifs is 1. The topological polar surface area (TPSA) is 64.0 Å². The van der Waals surface area contributed by atoms with Crippen LogP contribution in [0.5, 0.6) is 0 Å². The first-order chi connectivity index (χ1) is 15.5. The van der Waals surface area contributed by atoms with E-state index in [1.807, 2.05) is 61.5 Å². The van der Waals surface area contributed by atoms with Crippen molar-refractivity contribution in [2.45, 2.75) is 25.2 Å². The van der Waals surface area contributed by atoms with Gasteiger partial charge in [0.15, 0.2) is 5.16 Å². The number of nitrogens with zero attached hydrogens (tertiary/aromatic N) is 2. The standard InChI is InChI=1S/C25H22ClN3O2S/c1-17-6-8-18(9-7-17)14-27-23(30)16-32-25-28-22-5-3-2-4-21(22)24(31)29(25)15-19-10-12-20(26)13-11-19/h2-13H,14-16H2,1H3,(H,27,30). The third-order valence-electron chi connectivity index (χ3n) is 5.02. The summed E-state index contributed by atoms with van der Waals surface area (Å²) in [4.78, 5) is 30.3. The molecule has 1 heterocycles. The van der Waals surface area contributed by atoms with Crippen molar-refractivity contribution in [3.05, 3.63) is 105 Å². The Labute approximate surface area is 195 Å². The molecule has 3 aromatic carbocycles. The van der Waals surface area contributed by atoms with Crippen LogP contribution in [0.2, 0.25) is 5.02 Å². The highest BCUT2D eigenvalue weighted by Gasteiger charge is 2.14. The summed E-state index contributed by atoms with van der Waals surface area (Å²) in [5.41, 5.74) is 3.63. The number of halogens is 1. The molecule has 0 aliphatic rings. The van der Waals surface area contributed by atoms with Crippen LogP contribution in [0, 0.1) is 6.92 Å². The molecule has 0 spiro atoms. The van der Waals surface area contributed by atoms with Crippen LogP contribution in [0.1, 0.15) is 16.7 Å². The van der Waals surface area contributed by atoms with E-state index >= 15 is 0 Å². The number of carbonyl (C=O) groups is 1. The highest BCUT2D eigenvalue weighted by molar-refractivity contribution is 7.99. The van der Waals surface area contributed by atoms with Crippen molar-refractivity contribution in [2.75, 3.05) is 5.75 Å². The lowest BCUT2D eigenvalue weighted by Crippen LogP contribution is -2.27. The third-order valence-corrected chi connectivity index (χ3v) is 6.25. The van der Waals surface area contributed by atoms with Crippen molar-refractivity contribution in [1.29, 1.82) is 0 Å². The minimum absolute atomic E-state index is 0.115. The van der Waals surface area contributed by atoms with E-state index in [0.717, 1.165) is 11.1 Å². The second-order valence-corrected chi connectivity index (χ2v) is 8.86. The number of benzene rings is 3. The van der Waals surface area contributed by atoms with Crippen LogP contribution in [-0.2, 0) is 17.9 Å². The van der Waals surface area contributed by atoms with Crippen LogP contribution in [-0.4, -0.2) is 21.2 Å². The molecule has 7 heteroatoms. The normalized spacial score (nSPS) is 10.9. The van der Waals surface area contributed by atoms with Crippen LogP contribution >= 0.6 is 23.4 Å². The molecular formula is C25H22ClN3O2S.